The largest absolute Gasteiger partial charge is 0.504 e. The maximum atomic E-state index is 5.64. The Balaban J connectivity index is 2.85. The maximum absolute atomic E-state index is 5.64. The van der Waals surface area contributed by atoms with Gasteiger partial charge >= 0.3 is 0 Å². The Morgan fingerprint density at radius 2 is 1.93 bits per heavy atom. The van der Waals surface area contributed by atoms with Gasteiger partial charge in [-0.25, -0.2) is 0 Å². The van der Waals surface area contributed by atoms with E-state index in [2.05, 4.69) is 0 Å². The van der Waals surface area contributed by atoms with Crippen LogP contribution in [0.2, 0.25) is 0 Å². The third-order valence-corrected chi connectivity index (χ3v) is 1.67. The van der Waals surface area contributed by atoms with Crippen LogP contribution in [0, 0.1) is 0 Å². The van der Waals surface area contributed by atoms with E-state index in [9.17, 15) is 0 Å². The smallest absolute Gasteiger partial charge is 0.127 e. The number of hydrogen-bond acceptors (Lipinski definition) is 2. The molecule has 0 aliphatic rings. The third kappa shape index (κ3) is 3.13. The minimum Gasteiger partial charge on any atom is -0.504 e. The lowest BCUT2D eigenvalue weighted by atomic mass is 10.2. The van der Waals surface area contributed by atoms with Gasteiger partial charge in [0.15, 0.2) is 0 Å². The van der Waals surface area contributed by atoms with E-state index in [1.54, 1.807) is 13.4 Å². The van der Waals surface area contributed by atoms with Crippen LogP contribution >= 0.6 is 0 Å². The van der Waals surface area contributed by atoms with Crippen molar-refractivity contribution in [3.8, 4) is 5.75 Å². The van der Waals surface area contributed by atoms with E-state index >= 15 is 0 Å². The number of ether oxygens (including phenoxy) is 2. The molecule has 0 amide bonds. The van der Waals surface area contributed by atoms with Gasteiger partial charge in [-0.05, 0) is 26.0 Å². The van der Waals surface area contributed by atoms with E-state index in [0.717, 1.165) is 11.3 Å². The molecule has 0 N–H and O–H groups in total. The highest BCUT2D eigenvalue weighted by atomic mass is 16.5. The Bertz CT molecular complexity index is 303. The van der Waals surface area contributed by atoms with E-state index in [1.165, 1.54) is 0 Å². The molecule has 0 saturated carbocycles. The maximum Gasteiger partial charge on any atom is 0.127 e. The highest BCUT2D eigenvalue weighted by Crippen LogP contribution is 2.20. The van der Waals surface area contributed by atoms with Crippen molar-refractivity contribution >= 4 is 6.08 Å². The van der Waals surface area contributed by atoms with Gasteiger partial charge in [-0.1, -0.05) is 18.2 Å². The quantitative estimate of drug-likeness (QED) is 0.682. The first kappa shape index (κ1) is 10.6. The lowest BCUT2D eigenvalue weighted by Crippen LogP contribution is -2.06. The molecule has 1 rings (SSSR count). The molecule has 2 heteroatoms. The molecule has 0 fully saturated rings. The minimum atomic E-state index is 0.187. The SMILES string of the molecule is CO/C=C/c1ccccc1OC(C)C. The molecule has 0 atom stereocenters. The fraction of sp³-hybridized carbons (Fsp3) is 0.333. The lowest BCUT2D eigenvalue weighted by Gasteiger charge is -2.11. The van der Waals surface area contributed by atoms with Crippen LogP contribution in [0.3, 0.4) is 0 Å². The van der Waals surface area contributed by atoms with Crippen LogP contribution < -0.4 is 4.74 Å². The van der Waals surface area contributed by atoms with E-state index < -0.39 is 0 Å². The Morgan fingerprint density at radius 3 is 2.57 bits per heavy atom. The van der Waals surface area contributed by atoms with Gasteiger partial charge in [0.2, 0.25) is 0 Å². The van der Waals surface area contributed by atoms with Crippen molar-refractivity contribution in [3.05, 3.63) is 36.1 Å². The molecule has 0 unspecified atom stereocenters. The highest BCUT2D eigenvalue weighted by Gasteiger charge is 2.01. The average Bonchev–Trinajstić information content (AvgIpc) is 2.16. The van der Waals surface area contributed by atoms with Gasteiger partial charge in [0.25, 0.3) is 0 Å². The van der Waals surface area contributed by atoms with Crippen molar-refractivity contribution in [2.75, 3.05) is 7.11 Å². The zero-order valence-corrected chi connectivity index (χ0v) is 8.86. The molecule has 14 heavy (non-hydrogen) atoms. The standard InChI is InChI=1S/C12H16O2/c1-10(2)14-12-7-5-4-6-11(12)8-9-13-3/h4-10H,1-3H3/b9-8+. The van der Waals surface area contributed by atoms with Crippen LogP contribution in [0.25, 0.3) is 6.08 Å². The Kier molecular flexibility index (Phi) is 4.05. The van der Waals surface area contributed by atoms with Gasteiger partial charge in [0.1, 0.15) is 5.75 Å². The Labute approximate surface area is 85.2 Å². The van der Waals surface area contributed by atoms with Gasteiger partial charge in [0, 0.05) is 5.56 Å². The van der Waals surface area contributed by atoms with Crippen molar-refractivity contribution in [2.45, 2.75) is 20.0 Å². The monoisotopic (exact) mass is 192 g/mol. The van der Waals surface area contributed by atoms with Gasteiger partial charge in [-0.2, -0.15) is 0 Å². The van der Waals surface area contributed by atoms with Crippen molar-refractivity contribution in [3.63, 3.8) is 0 Å². The summed E-state index contributed by atoms with van der Waals surface area (Å²) in [6, 6.07) is 7.88. The van der Waals surface area contributed by atoms with E-state index in [-0.39, 0.29) is 6.10 Å². The first-order chi connectivity index (χ1) is 6.74. The summed E-state index contributed by atoms with van der Waals surface area (Å²) < 4.78 is 10.5. The van der Waals surface area contributed by atoms with Gasteiger partial charge < -0.3 is 9.47 Å². The molecular weight excluding hydrogens is 176 g/mol. The average molecular weight is 192 g/mol. The number of hydrogen-bond donors (Lipinski definition) is 0. The van der Waals surface area contributed by atoms with Gasteiger partial charge in [0.05, 0.1) is 19.5 Å². The zero-order valence-electron chi connectivity index (χ0n) is 8.86. The predicted molar refractivity (Wildman–Crippen MR) is 58.2 cm³/mol. The molecule has 0 aliphatic carbocycles. The van der Waals surface area contributed by atoms with E-state index in [1.807, 2.05) is 44.2 Å². The zero-order chi connectivity index (χ0) is 10.4. The van der Waals surface area contributed by atoms with Crippen molar-refractivity contribution in [1.29, 1.82) is 0 Å². The molecule has 0 radical (unpaired) electrons. The molecule has 0 bridgehead atoms. The summed E-state index contributed by atoms with van der Waals surface area (Å²) >= 11 is 0. The van der Waals surface area contributed by atoms with Crippen LogP contribution in [0.15, 0.2) is 30.5 Å². The fourth-order valence-electron chi connectivity index (χ4n) is 1.12. The summed E-state index contributed by atoms with van der Waals surface area (Å²) in [4.78, 5) is 0. The van der Waals surface area contributed by atoms with Crippen molar-refractivity contribution < 1.29 is 9.47 Å². The van der Waals surface area contributed by atoms with E-state index in [0.29, 0.717) is 0 Å². The summed E-state index contributed by atoms with van der Waals surface area (Å²) in [7, 11) is 1.63. The van der Waals surface area contributed by atoms with Crippen LogP contribution in [0.1, 0.15) is 19.4 Å². The van der Waals surface area contributed by atoms with Crippen LogP contribution in [0.5, 0.6) is 5.75 Å². The molecule has 0 saturated heterocycles. The first-order valence-corrected chi connectivity index (χ1v) is 4.69. The van der Waals surface area contributed by atoms with Crippen molar-refractivity contribution in [2.24, 2.45) is 0 Å². The second-order valence-electron chi connectivity index (χ2n) is 3.24. The third-order valence-electron chi connectivity index (χ3n) is 1.67. The summed E-state index contributed by atoms with van der Waals surface area (Å²) in [6.07, 6.45) is 3.72. The molecule has 0 spiro atoms. The van der Waals surface area contributed by atoms with Gasteiger partial charge in [-0.3, -0.25) is 0 Å². The second kappa shape index (κ2) is 5.32. The Hall–Kier alpha value is -1.44. The highest BCUT2D eigenvalue weighted by molar-refractivity contribution is 5.56. The molecule has 1 aromatic rings. The molecule has 0 aromatic heterocycles. The number of para-hydroxylation sites is 1. The summed E-state index contributed by atoms with van der Waals surface area (Å²) in [5.41, 5.74) is 1.03. The van der Waals surface area contributed by atoms with E-state index in [4.69, 9.17) is 9.47 Å². The van der Waals surface area contributed by atoms with Gasteiger partial charge in [-0.15, -0.1) is 0 Å². The van der Waals surface area contributed by atoms with Crippen LogP contribution in [-0.2, 0) is 4.74 Å². The molecule has 1 aromatic carbocycles. The molecular formula is C12H16O2. The normalized spacial score (nSPS) is 10.9. The topological polar surface area (TPSA) is 18.5 Å². The second-order valence-corrected chi connectivity index (χ2v) is 3.24. The minimum absolute atomic E-state index is 0.187. The van der Waals surface area contributed by atoms with Crippen LogP contribution in [-0.4, -0.2) is 13.2 Å². The number of methoxy groups -OCH3 is 1. The molecule has 0 heterocycles. The van der Waals surface area contributed by atoms with Crippen molar-refractivity contribution in [1.82, 2.24) is 0 Å². The fourth-order valence-corrected chi connectivity index (χ4v) is 1.12. The summed E-state index contributed by atoms with van der Waals surface area (Å²) in [5, 5.41) is 0. The Morgan fingerprint density at radius 1 is 1.21 bits per heavy atom. The number of benzene rings is 1. The lowest BCUT2D eigenvalue weighted by molar-refractivity contribution is 0.242. The summed E-state index contributed by atoms with van der Waals surface area (Å²) in [6.45, 7) is 4.02. The number of rotatable bonds is 4. The molecule has 0 aliphatic heterocycles. The summed E-state index contributed by atoms with van der Waals surface area (Å²) in [5.74, 6) is 0.885. The van der Waals surface area contributed by atoms with Crippen LogP contribution in [0.4, 0.5) is 0 Å². The molecule has 2 nitrogen and oxygen atoms in total. The molecule has 76 valence electrons. The first-order valence-electron chi connectivity index (χ1n) is 4.69. The predicted octanol–water partition coefficient (Wildman–Crippen LogP) is 3.09.